The third-order valence-electron chi connectivity index (χ3n) is 1.67. The molecule has 0 heterocycles. The van der Waals surface area contributed by atoms with Gasteiger partial charge in [-0.2, -0.15) is 0 Å². The molecule has 0 spiro atoms. The van der Waals surface area contributed by atoms with Gasteiger partial charge in [-0.15, -0.1) is 0 Å². The third kappa shape index (κ3) is 6.81. The summed E-state index contributed by atoms with van der Waals surface area (Å²) in [6.07, 6.45) is 3.92. The summed E-state index contributed by atoms with van der Waals surface area (Å²) in [4.78, 5) is 0. The zero-order chi connectivity index (χ0) is 7.82. The third-order valence-corrected chi connectivity index (χ3v) is 2.43. The largest absolute Gasteiger partial charge is 0.314 e. The van der Waals surface area contributed by atoms with Gasteiger partial charge in [-0.05, 0) is 37.2 Å². The molecule has 0 aromatic heterocycles. The summed E-state index contributed by atoms with van der Waals surface area (Å²) in [7, 11) is 0. The van der Waals surface area contributed by atoms with Gasteiger partial charge in [-0.1, -0.05) is 29.5 Å². The lowest BCUT2D eigenvalue weighted by Gasteiger charge is -2.09. The Hall–Kier alpha value is 0.690. The van der Waals surface area contributed by atoms with Crippen LogP contribution in [0.2, 0.25) is 0 Å². The van der Waals surface area contributed by atoms with Crippen LogP contribution in [0.15, 0.2) is 0 Å². The highest BCUT2D eigenvalue weighted by Crippen LogP contribution is 1.94. The molecular formula is C8H18IN. The van der Waals surface area contributed by atoms with Crippen LogP contribution in [0.1, 0.15) is 33.1 Å². The van der Waals surface area contributed by atoms with Gasteiger partial charge in [0.2, 0.25) is 0 Å². The van der Waals surface area contributed by atoms with Gasteiger partial charge in [0.15, 0.2) is 0 Å². The van der Waals surface area contributed by atoms with E-state index in [1.165, 1.54) is 30.2 Å². The molecule has 1 N–H and O–H groups in total. The Morgan fingerprint density at radius 1 is 1.40 bits per heavy atom. The fourth-order valence-electron chi connectivity index (χ4n) is 0.712. The molecule has 0 amide bonds. The van der Waals surface area contributed by atoms with E-state index in [1.54, 1.807) is 0 Å². The zero-order valence-corrected chi connectivity index (χ0v) is 9.15. The van der Waals surface area contributed by atoms with Crippen molar-refractivity contribution in [1.29, 1.82) is 0 Å². The first-order chi connectivity index (χ1) is 4.81. The van der Waals surface area contributed by atoms with E-state index in [9.17, 15) is 0 Å². The van der Waals surface area contributed by atoms with Crippen molar-refractivity contribution in [3.8, 4) is 0 Å². The maximum atomic E-state index is 3.46. The van der Waals surface area contributed by atoms with Gasteiger partial charge in [0.25, 0.3) is 0 Å². The minimum Gasteiger partial charge on any atom is -0.314 e. The highest BCUT2D eigenvalue weighted by molar-refractivity contribution is 14.1. The monoisotopic (exact) mass is 255 g/mol. The highest BCUT2D eigenvalue weighted by Gasteiger charge is 1.94. The molecule has 0 aliphatic heterocycles. The van der Waals surface area contributed by atoms with E-state index in [-0.39, 0.29) is 0 Å². The molecule has 0 aliphatic carbocycles. The maximum absolute atomic E-state index is 3.46. The van der Waals surface area contributed by atoms with Crippen LogP contribution < -0.4 is 5.32 Å². The van der Waals surface area contributed by atoms with Gasteiger partial charge in [-0.3, -0.25) is 0 Å². The summed E-state index contributed by atoms with van der Waals surface area (Å²) in [5.74, 6) is 0. The van der Waals surface area contributed by atoms with E-state index in [2.05, 4.69) is 41.8 Å². The molecule has 0 bridgehead atoms. The van der Waals surface area contributed by atoms with Crippen molar-refractivity contribution in [1.82, 2.24) is 5.32 Å². The first-order valence-electron chi connectivity index (χ1n) is 4.10. The van der Waals surface area contributed by atoms with Gasteiger partial charge in [-0.25, -0.2) is 0 Å². The minimum absolute atomic E-state index is 0.703. The van der Waals surface area contributed by atoms with Gasteiger partial charge in [0.1, 0.15) is 0 Å². The van der Waals surface area contributed by atoms with Crippen LogP contribution in [0.3, 0.4) is 0 Å². The second kappa shape index (κ2) is 7.79. The van der Waals surface area contributed by atoms with Crippen LogP contribution in [0, 0.1) is 0 Å². The summed E-state index contributed by atoms with van der Waals surface area (Å²) >= 11 is 2.43. The van der Waals surface area contributed by atoms with Crippen LogP contribution in [0.5, 0.6) is 0 Å². The Bertz CT molecular complexity index is 66.3. The second-order valence-corrected chi connectivity index (χ2v) is 3.74. The van der Waals surface area contributed by atoms with Crippen molar-refractivity contribution in [2.24, 2.45) is 0 Å². The van der Waals surface area contributed by atoms with Crippen LogP contribution in [0.4, 0.5) is 0 Å². The molecular weight excluding hydrogens is 237 g/mol. The van der Waals surface area contributed by atoms with E-state index in [0.717, 1.165) is 0 Å². The van der Waals surface area contributed by atoms with E-state index in [1.807, 2.05) is 0 Å². The zero-order valence-electron chi connectivity index (χ0n) is 6.99. The van der Waals surface area contributed by atoms with Crippen LogP contribution in [-0.4, -0.2) is 17.0 Å². The Balaban J connectivity index is 2.89. The average Bonchev–Trinajstić information content (AvgIpc) is 1.98. The molecule has 1 atom stereocenters. The predicted octanol–water partition coefficient (Wildman–Crippen LogP) is 2.59. The van der Waals surface area contributed by atoms with Gasteiger partial charge in [0.05, 0.1) is 0 Å². The normalized spacial score (nSPS) is 13.5. The fourth-order valence-corrected chi connectivity index (χ4v) is 1.25. The number of rotatable bonds is 6. The summed E-state index contributed by atoms with van der Waals surface area (Å²) in [5, 5.41) is 3.46. The molecule has 0 fully saturated rings. The second-order valence-electron chi connectivity index (χ2n) is 2.66. The van der Waals surface area contributed by atoms with E-state index < -0.39 is 0 Å². The molecule has 0 saturated heterocycles. The Morgan fingerprint density at radius 3 is 2.60 bits per heavy atom. The number of hydrogen-bond acceptors (Lipinski definition) is 1. The van der Waals surface area contributed by atoms with Crippen molar-refractivity contribution in [2.45, 2.75) is 39.2 Å². The van der Waals surface area contributed by atoms with Crippen molar-refractivity contribution in [3.05, 3.63) is 0 Å². The maximum Gasteiger partial charge on any atom is 0.00360 e. The predicted molar refractivity (Wildman–Crippen MR) is 55.9 cm³/mol. The van der Waals surface area contributed by atoms with E-state index in [0.29, 0.717) is 6.04 Å². The number of unbranched alkanes of at least 4 members (excludes halogenated alkanes) is 1. The first kappa shape index (κ1) is 10.7. The molecule has 0 aromatic rings. The van der Waals surface area contributed by atoms with Gasteiger partial charge in [0, 0.05) is 6.04 Å². The molecule has 0 radical (unpaired) electrons. The Labute approximate surface area is 78.1 Å². The quantitative estimate of drug-likeness (QED) is 0.437. The number of halogens is 1. The lowest BCUT2D eigenvalue weighted by molar-refractivity contribution is 0.523. The first-order valence-corrected chi connectivity index (χ1v) is 5.63. The summed E-state index contributed by atoms with van der Waals surface area (Å²) < 4.78 is 1.29. The Morgan fingerprint density at radius 2 is 2.10 bits per heavy atom. The topological polar surface area (TPSA) is 12.0 Å². The lowest BCUT2D eigenvalue weighted by Crippen LogP contribution is -2.25. The fraction of sp³-hybridized carbons (Fsp3) is 1.00. The molecule has 0 aromatic carbocycles. The van der Waals surface area contributed by atoms with Crippen molar-refractivity contribution >= 4 is 22.6 Å². The average molecular weight is 255 g/mol. The van der Waals surface area contributed by atoms with Crippen LogP contribution >= 0.6 is 22.6 Å². The van der Waals surface area contributed by atoms with Gasteiger partial charge >= 0.3 is 0 Å². The Kier molecular flexibility index (Phi) is 8.33. The number of alkyl halides is 1. The van der Waals surface area contributed by atoms with Gasteiger partial charge < -0.3 is 5.32 Å². The van der Waals surface area contributed by atoms with Crippen molar-refractivity contribution in [3.63, 3.8) is 0 Å². The lowest BCUT2D eigenvalue weighted by atomic mass is 10.2. The van der Waals surface area contributed by atoms with Crippen LogP contribution in [-0.2, 0) is 0 Å². The molecule has 62 valence electrons. The molecule has 1 nitrogen and oxygen atoms in total. The summed E-state index contributed by atoms with van der Waals surface area (Å²) in [6, 6.07) is 0.703. The number of nitrogens with one attached hydrogen (secondary N) is 1. The van der Waals surface area contributed by atoms with Crippen molar-refractivity contribution in [2.75, 3.05) is 11.0 Å². The molecule has 10 heavy (non-hydrogen) atoms. The standard InChI is InChI=1S/C8H18IN/c1-3-8(2)10-7-5-4-6-9/h8,10H,3-7H2,1-2H3. The molecule has 0 aliphatic rings. The number of hydrogen-bond donors (Lipinski definition) is 1. The van der Waals surface area contributed by atoms with Crippen LogP contribution in [0.25, 0.3) is 0 Å². The minimum atomic E-state index is 0.703. The summed E-state index contributed by atoms with van der Waals surface area (Å²) in [6.45, 7) is 5.65. The van der Waals surface area contributed by atoms with E-state index >= 15 is 0 Å². The van der Waals surface area contributed by atoms with Crippen molar-refractivity contribution < 1.29 is 0 Å². The molecule has 0 saturated carbocycles. The highest BCUT2D eigenvalue weighted by atomic mass is 127. The molecule has 2 heteroatoms. The SMILES string of the molecule is CCC(C)NCCCCI. The smallest absolute Gasteiger partial charge is 0.00360 e. The molecule has 0 rings (SSSR count). The van der Waals surface area contributed by atoms with E-state index in [4.69, 9.17) is 0 Å². The summed E-state index contributed by atoms with van der Waals surface area (Å²) in [5.41, 5.74) is 0. The molecule has 1 unspecified atom stereocenters.